The summed E-state index contributed by atoms with van der Waals surface area (Å²) in [5, 5.41) is 1.47. The lowest BCUT2D eigenvalue weighted by Gasteiger charge is -2.38. The predicted octanol–water partition coefficient (Wildman–Crippen LogP) is 4.51. The standard InChI is InChI=1S/C20H24OSi/c1-22(2,19-11-7-4-8-12-19)20-14-17(13-18(21)15-20)16-9-5-3-6-10-16/h3-12,17,20H,13-15H2,1-2H3/t17-,20-/m1/s1. The van der Waals surface area contributed by atoms with Crippen LogP contribution in [-0.4, -0.2) is 13.9 Å². The summed E-state index contributed by atoms with van der Waals surface area (Å²) in [6.07, 6.45) is 2.65. The van der Waals surface area contributed by atoms with Crippen LogP contribution in [-0.2, 0) is 4.79 Å². The van der Waals surface area contributed by atoms with Crippen molar-refractivity contribution in [2.75, 3.05) is 0 Å². The Balaban J connectivity index is 1.86. The molecule has 0 amide bonds. The largest absolute Gasteiger partial charge is 0.300 e. The highest BCUT2D eigenvalue weighted by atomic mass is 28.3. The van der Waals surface area contributed by atoms with Gasteiger partial charge in [-0.1, -0.05) is 78.9 Å². The fourth-order valence-corrected chi connectivity index (χ4v) is 6.91. The molecule has 1 saturated carbocycles. The highest BCUT2D eigenvalue weighted by Gasteiger charge is 2.39. The maximum Gasteiger partial charge on any atom is 0.133 e. The van der Waals surface area contributed by atoms with Crippen LogP contribution in [0.25, 0.3) is 0 Å². The van der Waals surface area contributed by atoms with Crippen LogP contribution >= 0.6 is 0 Å². The lowest BCUT2D eigenvalue weighted by Crippen LogP contribution is -2.48. The second-order valence-corrected chi connectivity index (χ2v) is 11.9. The summed E-state index contributed by atoms with van der Waals surface area (Å²) in [5.74, 6) is 0.851. The number of hydrogen-bond donors (Lipinski definition) is 0. The zero-order chi connectivity index (χ0) is 15.6. The minimum Gasteiger partial charge on any atom is -0.300 e. The highest BCUT2D eigenvalue weighted by Crippen LogP contribution is 2.42. The van der Waals surface area contributed by atoms with Crippen molar-refractivity contribution >= 4 is 19.0 Å². The molecule has 22 heavy (non-hydrogen) atoms. The molecule has 1 nitrogen and oxygen atoms in total. The first-order valence-electron chi connectivity index (χ1n) is 8.19. The van der Waals surface area contributed by atoms with E-state index in [2.05, 4.69) is 67.7 Å². The van der Waals surface area contributed by atoms with Crippen LogP contribution in [0.15, 0.2) is 60.7 Å². The van der Waals surface area contributed by atoms with Crippen molar-refractivity contribution in [2.24, 2.45) is 0 Å². The number of rotatable bonds is 3. The van der Waals surface area contributed by atoms with Gasteiger partial charge in [0.05, 0.1) is 8.07 Å². The molecule has 0 heterocycles. The van der Waals surface area contributed by atoms with Crippen molar-refractivity contribution in [1.82, 2.24) is 0 Å². The maximum atomic E-state index is 12.4. The zero-order valence-electron chi connectivity index (χ0n) is 13.5. The molecule has 2 heteroatoms. The van der Waals surface area contributed by atoms with Crippen LogP contribution in [0.1, 0.15) is 30.7 Å². The third-order valence-electron chi connectivity index (χ3n) is 5.33. The third-order valence-corrected chi connectivity index (χ3v) is 9.63. The Kier molecular flexibility index (Phi) is 4.30. The average Bonchev–Trinajstić information content (AvgIpc) is 2.56. The second kappa shape index (κ2) is 6.21. The van der Waals surface area contributed by atoms with Crippen molar-refractivity contribution < 1.29 is 4.79 Å². The summed E-state index contributed by atoms with van der Waals surface area (Å²) in [5.41, 5.74) is 1.87. The third kappa shape index (κ3) is 3.07. The Morgan fingerprint density at radius 2 is 1.45 bits per heavy atom. The van der Waals surface area contributed by atoms with E-state index in [9.17, 15) is 4.79 Å². The molecule has 2 atom stereocenters. The molecule has 2 aromatic rings. The summed E-state index contributed by atoms with van der Waals surface area (Å²) in [6, 6.07) is 21.4. The van der Waals surface area contributed by atoms with Gasteiger partial charge in [0.1, 0.15) is 5.78 Å². The van der Waals surface area contributed by atoms with Gasteiger partial charge in [0, 0.05) is 12.8 Å². The van der Waals surface area contributed by atoms with Crippen molar-refractivity contribution in [3.05, 3.63) is 66.2 Å². The number of carbonyl (C=O) groups excluding carboxylic acids is 1. The van der Waals surface area contributed by atoms with E-state index in [0.29, 0.717) is 17.2 Å². The first kappa shape index (κ1) is 15.2. The Morgan fingerprint density at radius 1 is 0.864 bits per heavy atom. The molecule has 2 aromatic carbocycles. The van der Waals surface area contributed by atoms with Crippen molar-refractivity contribution in [3.63, 3.8) is 0 Å². The van der Waals surface area contributed by atoms with Gasteiger partial charge in [0.15, 0.2) is 0 Å². The molecule has 0 aromatic heterocycles. The van der Waals surface area contributed by atoms with Crippen molar-refractivity contribution in [1.29, 1.82) is 0 Å². The van der Waals surface area contributed by atoms with Gasteiger partial charge in [0.25, 0.3) is 0 Å². The first-order valence-corrected chi connectivity index (χ1v) is 11.3. The molecule has 1 aliphatic rings. The number of benzene rings is 2. The average molecular weight is 308 g/mol. The molecule has 1 fully saturated rings. The van der Waals surface area contributed by atoms with E-state index in [1.54, 1.807) is 0 Å². The second-order valence-electron chi connectivity index (χ2n) is 7.07. The molecule has 0 bridgehead atoms. The molecule has 1 aliphatic carbocycles. The van der Waals surface area contributed by atoms with E-state index in [1.807, 2.05) is 6.07 Å². The minimum atomic E-state index is -1.62. The highest BCUT2D eigenvalue weighted by molar-refractivity contribution is 6.91. The number of carbonyl (C=O) groups is 1. The van der Waals surface area contributed by atoms with Crippen molar-refractivity contribution in [2.45, 2.75) is 43.8 Å². The lowest BCUT2D eigenvalue weighted by molar-refractivity contribution is -0.120. The number of Topliss-reactive ketones (excluding diaryl/α,β-unsaturated/α-hetero) is 1. The Bertz CT molecular complexity index is 633. The van der Waals surface area contributed by atoms with Gasteiger partial charge in [-0.2, -0.15) is 0 Å². The molecule has 0 saturated heterocycles. The quantitative estimate of drug-likeness (QED) is 0.763. The molecule has 3 rings (SSSR count). The molecule has 0 aliphatic heterocycles. The molecule has 0 N–H and O–H groups in total. The van der Waals surface area contributed by atoms with E-state index in [4.69, 9.17) is 0 Å². The van der Waals surface area contributed by atoms with Crippen molar-refractivity contribution in [3.8, 4) is 0 Å². The minimum absolute atomic E-state index is 0.405. The van der Waals surface area contributed by atoms with Gasteiger partial charge in [0.2, 0.25) is 0 Å². The molecule has 0 spiro atoms. The molecular formula is C20H24OSi. The van der Waals surface area contributed by atoms with Crippen LogP contribution in [0.5, 0.6) is 0 Å². The number of ketones is 1. The van der Waals surface area contributed by atoms with Gasteiger partial charge in [-0.25, -0.2) is 0 Å². The van der Waals surface area contributed by atoms with Crippen LogP contribution in [0.4, 0.5) is 0 Å². The Labute approximate surface area is 134 Å². The maximum absolute atomic E-state index is 12.4. The van der Waals surface area contributed by atoms with E-state index < -0.39 is 8.07 Å². The van der Waals surface area contributed by atoms with Crippen LogP contribution in [0.3, 0.4) is 0 Å². The van der Waals surface area contributed by atoms with Gasteiger partial charge >= 0.3 is 0 Å². The zero-order valence-corrected chi connectivity index (χ0v) is 14.5. The van der Waals surface area contributed by atoms with E-state index in [-0.39, 0.29) is 0 Å². The van der Waals surface area contributed by atoms with Crippen LogP contribution < -0.4 is 5.19 Å². The molecule has 114 valence electrons. The van der Waals surface area contributed by atoms with E-state index in [0.717, 1.165) is 19.3 Å². The SMILES string of the molecule is C[Si](C)(c1ccccc1)[C@H]1CC(=O)C[C@@H](c2ccccc2)C1. The number of hydrogen-bond acceptors (Lipinski definition) is 1. The molecular weight excluding hydrogens is 284 g/mol. The van der Waals surface area contributed by atoms with Gasteiger partial charge < -0.3 is 0 Å². The topological polar surface area (TPSA) is 17.1 Å². The van der Waals surface area contributed by atoms with Crippen LogP contribution in [0.2, 0.25) is 18.6 Å². The predicted molar refractivity (Wildman–Crippen MR) is 95.3 cm³/mol. The molecule has 0 radical (unpaired) electrons. The summed E-state index contributed by atoms with van der Waals surface area (Å²) < 4.78 is 0. The van der Waals surface area contributed by atoms with Gasteiger partial charge in [-0.15, -0.1) is 0 Å². The van der Waals surface area contributed by atoms with E-state index >= 15 is 0 Å². The smallest absolute Gasteiger partial charge is 0.133 e. The summed E-state index contributed by atoms with van der Waals surface area (Å²) in [6.45, 7) is 4.85. The monoisotopic (exact) mass is 308 g/mol. The fourth-order valence-electron chi connectivity index (χ4n) is 3.78. The van der Waals surface area contributed by atoms with Crippen LogP contribution in [0, 0.1) is 0 Å². The molecule has 0 unspecified atom stereocenters. The summed E-state index contributed by atoms with van der Waals surface area (Å²) in [4.78, 5) is 12.4. The Hall–Kier alpha value is -1.67. The first-order chi connectivity index (χ1) is 10.6. The van der Waals surface area contributed by atoms with Gasteiger partial charge in [-0.3, -0.25) is 4.79 Å². The summed E-state index contributed by atoms with van der Waals surface area (Å²) >= 11 is 0. The van der Waals surface area contributed by atoms with E-state index in [1.165, 1.54) is 10.8 Å². The lowest BCUT2D eigenvalue weighted by atomic mass is 9.83. The van der Waals surface area contributed by atoms with Gasteiger partial charge in [-0.05, 0) is 23.4 Å². The fraction of sp³-hybridized carbons (Fsp3) is 0.350. The Morgan fingerprint density at radius 3 is 2.09 bits per heavy atom. The normalized spacial score (nSPS) is 22.5. The summed E-state index contributed by atoms with van der Waals surface area (Å²) in [7, 11) is -1.62.